The normalized spacial score (nSPS) is 11.6. The zero-order valence-corrected chi connectivity index (χ0v) is 20.9. The average Bonchev–Trinajstić information content (AvgIpc) is 2.92. The predicted molar refractivity (Wildman–Crippen MR) is 137 cm³/mol. The summed E-state index contributed by atoms with van der Waals surface area (Å²) in [6, 6.07) is 14.6. The first-order valence-corrected chi connectivity index (χ1v) is 11.3. The number of halogens is 1. The van der Waals surface area contributed by atoms with Crippen molar-refractivity contribution in [1.29, 1.82) is 0 Å². The Kier molecular flexibility index (Phi) is 7.36. The van der Waals surface area contributed by atoms with Gasteiger partial charge in [0.15, 0.2) is 11.5 Å². The van der Waals surface area contributed by atoms with Crippen molar-refractivity contribution in [1.82, 2.24) is 10.3 Å². The molecule has 0 aliphatic heterocycles. The van der Waals surface area contributed by atoms with Crippen molar-refractivity contribution in [3.8, 4) is 28.7 Å². The Morgan fingerprint density at radius 1 is 0.889 bits per heavy atom. The number of benzene rings is 3. The highest BCUT2D eigenvalue weighted by Gasteiger charge is 2.27. The van der Waals surface area contributed by atoms with E-state index in [2.05, 4.69) is 10.3 Å². The maximum Gasteiger partial charge on any atom is 0.252 e. The number of fused-ring (bicyclic) bond motifs is 1. The fourth-order valence-electron chi connectivity index (χ4n) is 4.08. The lowest BCUT2D eigenvalue weighted by molar-refractivity contribution is 0.0941. The van der Waals surface area contributed by atoms with Crippen LogP contribution in [0.4, 0.5) is 0 Å². The number of rotatable bonds is 8. The summed E-state index contributed by atoms with van der Waals surface area (Å²) < 4.78 is 21.7. The highest BCUT2D eigenvalue weighted by Crippen LogP contribution is 2.41. The topological polar surface area (TPSA) is 99.1 Å². The number of pyridine rings is 1. The van der Waals surface area contributed by atoms with Gasteiger partial charge in [-0.2, -0.15) is 0 Å². The number of para-hydroxylation sites is 1. The smallest absolute Gasteiger partial charge is 0.252 e. The maximum atomic E-state index is 13.6. The van der Waals surface area contributed by atoms with Crippen LogP contribution in [0.15, 0.2) is 60.8 Å². The molecule has 0 saturated heterocycles. The first kappa shape index (κ1) is 24.9. The molecule has 0 unspecified atom stereocenters. The van der Waals surface area contributed by atoms with Crippen LogP contribution < -0.4 is 24.3 Å². The molecule has 0 radical (unpaired) electrons. The molecule has 36 heavy (non-hydrogen) atoms. The number of phenols is 1. The minimum Gasteiger partial charge on any atom is -0.505 e. The van der Waals surface area contributed by atoms with Gasteiger partial charge in [0.25, 0.3) is 5.91 Å². The summed E-state index contributed by atoms with van der Waals surface area (Å²) in [7, 11) is 5.96. The number of hydrogen-bond donors (Lipinski definition) is 2. The molecule has 1 amide bonds. The Morgan fingerprint density at radius 3 is 2.19 bits per heavy atom. The van der Waals surface area contributed by atoms with Crippen molar-refractivity contribution in [3.05, 3.63) is 82.5 Å². The summed E-state index contributed by atoms with van der Waals surface area (Å²) in [6.45, 7) is 0. The Bertz CT molecular complexity index is 1400. The van der Waals surface area contributed by atoms with Crippen molar-refractivity contribution >= 4 is 28.4 Å². The molecule has 1 aromatic heterocycles. The lowest BCUT2D eigenvalue weighted by atomic mass is 9.95. The van der Waals surface area contributed by atoms with E-state index in [9.17, 15) is 9.90 Å². The van der Waals surface area contributed by atoms with E-state index >= 15 is 0 Å². The van der Waals surface area contributed by atoms with E-state index in [4.69, 9.17) is 30.5 Å². The van der Waals surface area contributed by atoms with Crippen LogP contribution in [0.2, 0.25) is 5.02 Å². The largest absolute Gasteiger partial charge is 0.505 e. The van der Waals surface area contributed by atoms with E-state index in [1.54, 1.807) is 48.7 Å². The Morgan fingerprint density at radius 2 is 1.56 bits per heavy atom. The predicted octanol–water partition coefficient (Wildman–Crippen LogP) is 5.15. The standard InChI is InChI=1S/C27H25ClN2O6/c1-33-20-10-6-5-8-17(20)23(18-14-19(28)16-9-7-11-29-24(16)25(18)31)30-27(32)15-12-21(34-2)26(36-4)22(13-15)35-3/h5-14,23,31H,1-4H3,(H,30,32)/t23-/m0/s1. The van der Waals surface area contributed by atoms with Gasteiger partial charge in [0.2, 0.25) is 5.75 Å². The Labute approximate surface area is 213 Å². The fourth-order valence-corrected chi connectivity index (χ4v) is 4.35. The molecule has 8 nitrogen and oxygen atoms in total. The van der Waals surface area contributed by atoms with E-state index in [1.807, 2.05) is 12.1 Å². The van der Waals surface area contributed by atoms with Crippen molar-refractivity contribution < 1.29 is 28.8 Å². The van der Waals surface area contributed by atoms with Crippen molar-refractivity contribution in [2.45, 2.75) is 6.04 Å². The van der Waals surface area contributed by atoms with Gasteiger partial charge in [0.05, 0.1) is 39.5 Å². The van der Waals surface area contributed by atoms with Crippen molar-refractivity contribution in [2.75, 3.05) is 28.4 Å². The molecule has 1 atom stereocenters. The summed E-state index contributed by atoms with van der Waals surface area (Å²) in [5.41, 5.74) is 1.55. The van der Waals surface area contributed by atoms with Gasteiger partial charge in [0, 0.05) is 28.3 Å². The highest BCUT2D eigenvalue weighted by atomic mass is 35.5. The van der Waals surface area contributed by atoms with E-state index < -0.39 is 11.9 Å². The second kappa shape index (κ2) is 10.6. The summed E-state index contributed by atoms with van der Waals surface area (Å²) in [6.07, 6.45) is 1.56. The molecule has 4 aromatic rings. The number of amides is 1. The summed E-state index contributed by atoms with van der Waals surface area (Å²) in [5, 5.41) is 15.2. The van der Waals surface area contributed by atoms with Gasteiger partial charge < -0.3 is 29.4 Å². The SMILES string of the molecule is COc1ccccc1[C@H](NC(=O)c1cc(OC)c(OC)c(OC)c1)c1cc(Cl)c2cccnc2c1O. The number of carbonyl (C=O) groups is 1. The number of nitrogens with one attached hydrogen (secondary N) is 1. The van der Waals surface area contributed by atoms with Gasteiger partial charge in [0.1, 0.15) is 17.0 Å². The second-order valence-electron chi connectivity index (χ2n) is 7.76. The summed E-state index contributed by atoms with van der Waals surface area (Å²) in [4.78, 5) is 17.9. The number of aromatic hydroxyl groups is 1. The minimum atomic E-state index is -0.836. The molecule has 2 N–H and O–H groups in total. The average molecular weight is 509 g/mol. The zero-order chi connectivity index (χ0) is 25.8. The van der Waals surface area contributed by atoms with Gasteiger partial charge >= 0.3 is 0 Å². The quantitative estimate of drug-likeness (QED) is 0.339. The Balaban J connectivity index is 1.87. The van der Waals surface area contributed by atoms with Crippen LogP contribution in [-0.2, 0) is 0 Å². The van der Waals surface area contributed by atoms with Gasteiger partial charge in [-0.1, -0.05) is 29.8 Å². The van der Waals surface area contributed by atoms with E-state index in [1.165, 1.54) is 28.4 Å². The first-order valence-electron chi connectivity index (χ1n) is 10.9. The molecule has 0 aliphatic rings. The number of carbonyl (C=O) groups excluding carboxylic acids is 1. The van der Waals surface area contributed by atoms with Gasteiger partial charge in [-0.3, -0.25) is 9.78 Å². The molecule has 0 saturated carbocycles. The molecule has 3 aromatic carbocycles. The fraction of sp³-hybridized carbons (Fsp3) is 0.185. The number of hydrogen-bond acceptors (Lipinski definition) is 7. The number of aromatic nitrogens is 1. The van der Waals surface area contributed by atoms with Crippen LogP contribution in [0.5, 0.6) is 28.7 Å². The Hall–Kier alpha value is -4.17. The molecule has 0 fully saturated rings. The van der Waals surface area contributed by atoms with Crippen LogP contribution >= 0.6 is 11.6 Å². The van der Waals surface area contributed by atoms with Gasteiger partial charge in [-0.05, 0) is 36.4 Å². The van der Waals surface area contributed by atoms with Crippen LogP contribution in [-0.4, -0.2) is 44.4 Å². The molecular weight excluding hydrogens is 484 g/mol. The molecule has 1 heterocycles. The first-order chi connectivity index (χ1) is 17.4. The van der Waals surface area contributed by atoms with Crippen molar-refractivity contribution in [3.63, 3.8) is 0 Å². The third-order valence-electron chi connectivity index (χ3n) is 5.81. The molecule has 9 heteroatoms. The number of nitrogens with zero attached hydrogens (tertiary/aromatic N) is 1. The molecule has 0 bridgehead atoms. The minimum absolute atomic E-state index is 0.101. The zero-order valence-electron chi connectivity index (χ0n) is 20.2. The van der Waals surface area contributed by atoms with E-state index in [0.29, 0.717) is 50.1 Å². The molecule has 186 valence electrons. The maximum absolute atomic E-state index is 13.6. The van der Waals surface area contributed by atoms with Crippen LogP contribution in [0.3, 0.4) is 0 Å². The van der Waals surface area contributed by atoms with Gasteiger partial charge in [-0.25, -0.2) is 0 Å². The molecule has 4 rings (SSSR count). The van der Waals surface area contributed by atoms with E-state index in [-0.39, 0.29) is 11.3 Å². The molecular formula is C27H25ClN2O6. The third kappa shape index (κ3) is 4.55. The molecule has 0 aliphatic carbocycles. The van der Waals surface area contributed by atoms with Gasteiger partial charge in [-0.15, -0.1) is 0 Å². The van der Waals surface area contributed by atoms with Crippen LogP contribution in [0.1, 0.15) is 27.5 Å². The number of methoxy groups -OCH3 is 4. The summed E-state index contributed by atoms with van der Waals surface area (Å²) in [5.74, 6) is 0.985. The number of ether oxygens (including phenoxy) is 4. The monoisotopic (exact) mass is 508 g/mol. The lowest BCUT2D eigenvalue weighted by Gasteiger charge is -2.24. The summed E-state index contributed by atoms with van der Waals surface area (Å²) >= 11 is 6.56. The van der Waals surface area contributed by atoms with Crippen LogP contribution in [0, 0.1) is 0 Å². The molecule has 0 spiro atoms. The highest BCUT2D eigenvalue weighted by molar-refractivity contribution is 6.35. The van der Waals surface area contributed by atoms with E-state index in [0.717, 1.165) is 0 Å². The second-order valence-corrected chi connectivity index (χ2v) is 8.17. The van der Waals surface area contributed by atoms with Crippen molar-refractivity contribution in [2.24, 2.45) is 0 Å². The number of phenolic OH excluding ortho intramolecular Hbond substituents is 1. The third-order valence-corrected chi connectivity index (χ3v) is 6.12. The lowest BCUT2D eigenvalue weighted by Crippen LogP contribution is -2.30. The van der Waals surface area contributed by atoms with Crippen LogP contribution in [0.25, 0.3) is 10.9 Å².